The number of hydrogen-bond donors (Lipinski definition) is 0. The molecule has 0 N–H and O–H groups in total. The number of unbranched alkanes of at least 4 members (excludes halogenated alkanes) is 1. The summed E-state index contributed by atoms with van der Waals surface area (Å²) in [5, 5.41) is 4.31. The molecule has 1 fully saturated rings. The molecule has 0 saturated carbocycles. The third-order valence-corrected chi connectivity index (χ3v) is 3.03. The lowest BCUT2D eigenvalue weighted by molar-refractivity contribution is -0.120. The number of carbonyl (C=O) groups excluding carboxylic acids is 1. The van der Waals surface area contributed by atoms with E-state index in [9.17, 15) is 4.79 Å². The maximum Gasteiger partial charge on any atom is 0.152 e. The molecule has 1 saturated heterocycles. The van der Waals surface area contributed by atoms with E-state index in [0.717, 1.165) is 37.3 Å². The fourth-order valence-electron chi connectivity index (χ4n) is 1.23. The monoisotopic (exact) mass is 186 g/mol. The molecule has 12 heavy (non-hydrogen) atoms. The molecule has 0 spiro atoms. The Labute approximate surface area is 78.5 Å². The van der Waals surface area contributed by atoms with Gasteiger partial charge >= 0.3 is 0 Å². The highest BCUT2D eigenvalue weighted by Gasteiger charge is 2.20. The van der Waals surface area contributed by atoms with Gasteiger partial charge in [-0.25, -0.2) is 5.32 Å². The van der Waals surface area contributed by atoms with Crippen LogP contribution in [0.25, 0.3) is 0 Å². The van der Waals surface area contributed by atoms with Crippen LogP contribution in [0.4, 0.5) is 0 Å². The summed E-state index contributed by atoms with van der Waals surface area (Å²) in [5.74, 6) is 2.36. The number of nitrogens with zero attached hydrogens (tertiary/aromatic N) is 1. The average Bonchev–Trinajstić information content (AvgIpc) is 2.15. The molecule has 1 unspecified atom stereocenters. The van der Waals surface area contributed by atoms with E-state index in [4.69, 9.17) is 0 Å². The molecule has 1 rings (SSSR count). The Morgan fingerprint density at radius 1 is 1.67 bits per heavy atom. The normalized spacial score (nSPS) is 23.9. The Morgan fingerprint density at radius 3 is 3.08 bits per heavy atom. The van der Waals surface area contributed by atoms with Crippen LogP contribution in [0.2, 0.25) is 0 Å². The summed E-state index contributed by atoms with van der Waals surface area (Å²) >= 11 is 1.85. The first kappa shape index (κ1) is 10.1. The highest BCUT2D eigenvalue weighted by Crippen LogP contribution is 2.11. The molecule has 1 radical (unpaired) electrons. The maximum atomic E-state index is 11.4. The summed E-state index contributed by atoms with van der Waals surface area (Å²) in [4.78, 5) is 11.4. The second-order valence-corrected chi connectivity index (χ2v) is 4.22. The zero-order valence-corrected chi connectivity index (χ0v) is 8.40. The Bertz CT molecular complexity index is 143. The van der Waals surface area contributed by atoms with Crippen molar-refractivity contribution in [3.63, 3.8) is 0 Å². The van der Waals surface area contributed by atoms with E-state index in [1.54, 1.807) is 0 Å². The fourth-order valence-corrected chi connectivity index (χ4v) is 2.15. The van der Waals surface area contributed by atoms with Gasteiger partial charge in [-0.15, -0.1) is 0 Å². The van der Waals surface area contributed by atoms with E-state index >= 15 is 0 Å². The van der Waals surface area contributed by atoms with Crippen molar-refractivity contribution in [2.45, 2.75) is 32.2 Å². The van der Waals surface area contributed by atoms with Crippen molar-refractivity contribution in [1.29, 1.82) is 0 Å². The van der Waals surface area contributed by atoms with Crippen LogP contribution in [0, 0.1) is 0 Å². The molecule has 2 nitrogen and oxygen atoms in total. The summed E-state index contributed by atoms with van der Waals surface area (Å²) in [6.45, 7) is 2.98. The van der Waals surface area contributed by atoms with Crippen LogP contribution in [-0.2, 0) is 4.79 Å². The zero-order valence-electron chi connectivity index (χ0n) is 7.58. The molecule has 69 valence electrons. The van der Waals surface area contributed by atoms with Crippen molar-refractivity contribution < 1.29 is 4.79 Å². The molecular weight excluding hydrogens is 170 g/mol. The van der Waals surface area contributed by atoms with Gasteiger partial charge in [-0.05, 0) is 6.42 Å². The van der Waals surface area contributed by atoms with E-state index in [-0.39, 0.29) is 6.04 Å². The van der Waals surface area contributed by atoms with E-state index in [1.807, 2.05) is 11.8 Å². The van der Waals surface area contributed by atoms with Gasteiger partial charge in [-0.1, -0.05) is 13.3 Å². The van der Waals surface area contributed by atoms with Crippen LogP contribution in [0.5, 0.6) is 0 Å². The van der Waals surface area contributed by atoms with Gasteiger partial charge in [0.05, 0.1) is 6.04 Å². The van der Waals surface area contributed by atoms with Crippen molar-refractivity contribution >= 4 is 17.5 Å². The number of Topliss-reactive ketones (excluding diaryl/α,β-unsaturated/α-hetero) is 1. The first-order chi connectivity index (χ1) is 5.84. The quantitative estimate of drug-likeness (QED) is 0.665. The van der Waals surface area contributed by atoms with Crippen molar-refractivity contribution in [2.75, 3.05) is 18.1 Å². The number of thioether (sulfide) groups is 1. The minimum Gasteiger partial charge on any atom is -0.298 e. The number of hydrogen-bond acceptors (Lipinski definition) is 2. The number of carbonyl (C=O) groups is 1. The molecule has 0 bridgehead atoms. The molecule has 1 heterocycles. The first-order valence-electron chi connectivity index (χ1n) is 4.61. The standard InChI is InChI=1S/C9H16NOS/c1-2-3-4-9(11)8-7-12-6-5-10-8/h8H,2-7H2,1H3. The van der Waals surface area contributed by atoms with Crippen LogP contribution >= 0.6 is 11.8 Å². The lowest BCUT2D eigenvalue weighted by atomic mass is 10.1. The predicted molar refractivity (Wildman–Crippen MR) is 52.6 cm³/mol. The Balaban J connectivity index is 2.20. The molecule has 1 aliphatic heterocycles. The zero-order chi connectivity index (χ0) is 8.81. The molecule has 0 aromatic rings. The largest absolute Gasteiger partial charge is 0.298 e. The molecule has 0 aromatic carbocycles. The van der Waals surface area contributed by atoms with Gasteiger partial charge in [0.1, 0.15) is 0 Å². The molecule has 1 aliphatic rings. The van der Waals surface area contributed by atoms with E-state index in [0.29, 0.717) is 5.78 Å². The Hall–Kier alpha value is -0.0200. The summed E-state index contributed by atoms with van der Waals surface area (Å²) < 4.78 is 0. The van der Waals surface area contributed by atoms with Crippen molar-refractivity contribution in [3.8, 4) is 0 Å². The molecule has 0 aromatic heterocycles. The van der Waals surface area contributed by atoms with Gasteiger partial charge in [-0.2, -0.15) is 11.8 Å². The highest BCUT2D eigenvalue weighted by atomic mass is 32.2. The minimum absolute atomic E-state index is 0.0234. The SMILES string of the molecule is CCCCC(=O)C1CSCC[N]1. The second-order valence-electron chi connectivity index (χ2n) is 3.07. The molecule has 1 atom stereocenters. The van der Waals surface area contributed by atoms with Crippen LogP contribution in [-0.4, -0.2) is 29.9 Å². The highest BCUT2D eigenvalue weighted by molar-refractivity contribution is 7.99. The Morgan fingerprint density at radius 2 is 2.50 bits per heavy atom. The second kappa shape index (κ2) is 5.60. The van der Waals surface area contributed by atoms with E-state index in [2.05, 4.69) is 12.2 Å². The van der Waals surface area contributed by atoms with Gasteiger partial charge < -0.3 is 0 Å². The van der Waals surface area contributed by atoms with Gasteiger partial charge in [0, 0.05) is 24.5 Å². The smallest absolute Gasteiger partial charge is 0.152 e. The number of ketones is 1. The lowest BCUT2D eigenvalue weighted by Crippen LogP contribution is -2.38. The van der Waals surface area contributed by atoms with Gasteiger partial charge in [0.15, 0.2) is 5.78 Å². The average molecular weight is 186 g/mol. The Kier molecular flexibility index (Phi) is 4.69. The minimum atomic E-state index is 0.0234. The van der Waals surface area contributed by atoms with Crippen LogP contribution in [0.3, 0.4) is 0 Å². The summed E-state index contributed by atoms with van der Waals surface area (Å²) in [6.07, 6.45) is 2.85. The molecule has 3 heteroatoms. The topological polar surface area (TPSA) is 31.2 Å². The lowest BCUT2D eigenvalue weighted by Gasteiger charge is -2.19. The van der Waals surface area contributed by atoms with E-state index < -0.39 is 0 Å². The summed E-state index contributed by atoms with van der Waals surface area (Å²) in [7, 11) is 0. The van der Waals surface area contributed by atoms with Crippen molar-refractivity contribution in [3.05, 3.63) is 0 Å². The third kappa shape index (κ3) is 3.15. The van der Waals surface area contributed by atoms with Crippen molar-refractivity contribution in [2.24, 2.45) is 0 Å². The van der Waals surface area contributed by atoms with Crippen LogP contribution in [0.1, 0.15) is 26.2 Å². The van der Waals surface area contributed by atoms with Gasteiger partial charge in [0.2, 0.25) is 0 Å². The van der Waals surface area contributed by atoms with Gasteiger partial charge in [-0.3, -0.25) is 4.79 Å². The van der Waals surface area contributed by atoms with Crippen molar-refractivity contribution in [1.82, 2.24) is 5.32 Å². The third-order valence-electron chi connectivity index (χ3n) is 2.01. The van der Waals surface area contributed by atoms with E-state index in [1.165, 1.54) is 0 Å². The first-order valence-corrected chi connectivity index (χ1v) is 5.77. The van der Waals surface area contributed by atoms with Crippen LogP contribution in [0.15, 0.2) is 0 Å². The van der Waals surface area contributed by atoms with Crippen LogP contribution < -0.4 is 5.32 Å². The summed E-state index contributed by atoms with van der Waals surface area (Å²) in [5.41, 5.74) is 0. The van der Waals surface area contributed by atoms with Gasteiger partial charge in [0.25, 0.3) is 0 Å². The fraction of sp³-hybridized carbons (Fsp3) is 0.889. The molecular formula is C9H16NOS. The number of rotatable bonds is 4. The molecule has 0 amide bonds. The molecule has 0 aliphatic carbocycles. The maximum absolute atomic E-state index is 11.4. The summed E-state index contributed by atoms with van der Waals surface area (Å²) in [6, 6.07) is 0.0234. The predicted octanol–water partition coefficient (Wildman–Crippen LogP) is 1.47.